The standard InChI is InChI=1S/C21H19N5O3/c1-28-15-8-5-13(6-9-15)16-4-3-11-26-20(16)24-21(25-26)23-14-7-10-17(19(22)27)18(12-14)29-2/h3-12H,1-2H3,(H2,22,27)(H,23,25). The van der Waals surface area contributed by atoms with Gasteiger partial charge in [-0.15, -0.1) is 5.10 Å². The number of nitrogens with two attached hydrogens (primary N) is 1. The van der Waals surface area contributed by atoms with Gasteiger partial charge in [-0.05, 0) is 42.0 Å². The fraction of sp³-hybridized carbons (Fsp3) is 0.0952. The van der Waals surface area contributed by atoms with Gasteiger partial charge in [0.25, 0.3) is 5.91 Å². The Kier molecular flexibility index (Phi) is 4.74. The lowest BCUT2D eigenvalue weighted by atomic mass is 10.1. The molecule has 0 aliphatic rings. The normalized spacial score (nSPS) is 10.7. The van der Waals surface area contributed by atoms with Crippen LogP contribution in [-0.2, 0) is 0 Å². The lowest BCUT2D eigenvalue weighted by Crippen LogP contribution is -2.12. The Morgan fingerprint density at radius 1 is 1.07 bits per heavy atom. The molecule has 4 rings (SSSR count). The van der Waals surface area contributed by atoms with Gasteiger partial charge >= 0.3 is 0 Å². The number of hydrogen-bond acceptors (Lipinski definition) is 6. The maximum atomic E-state index is 11.5. The first-order valence-electron chi connectivity index (χ1n) is 8.83. The molecular weight excluding hydrogens is 370 g/mol. The van der Waals surface area contributed by atoms with Gasteiger partial charge in [0.2, 0.25) is 5.95 Å². The second-order valence-corrected chi connectivity index (χ2v) is 6.26. The third-order valence-electron chi connectivity index (χ3n) is 4.49. The van der Waals surface area contributed by atoms with Crippen molar-refractivity contribution in [3.8, 4) is 22.6 Å². The minimum atomic E-state index is -0.552. The molecule has 0 spiro atoms. The zero-order chi connectivity index (χ0) is 20.4. The second kappa shape index (κ2) is 7.51. The smallest absolute Gasteiger partial charge is 0.252 e. The summed E-state index contributed by atoms with van der Waals surface area (Å²) in [5.41, 5.74) is 9.00. The number of pyridine rings is 1. The van der Waals surface area contributed by atoms with Crippen LogP contribution in [0, 0.1) is 0 Å². The van der Waals surface area contributed by atoms with Gasteiger partial charge in [-0.2, -0.15) is 4.98 Å². The number of ether oxygens (including phenoxy) is 2. The first-order chi connectivity index (χ1) is 14.1. The fourth-order valence-corrected chi connectivity index (χ4v) is 3.06. The predicted molar refractivity (Wildman–Crippen MR) is 110 cm³/mol. The number of fused-ring (bicyclic) bond motifs is 1. The number of carbonyl (C=O) groups excluding carboxylic acids is 1. The molecule has 29 heavy (non-hydrogen) atoms. The summed E-state index contributed by atoms with van der Waals surface area (Å²) in [6, 6.07) is 16.7. The number of nitrogens with one attached hydrogen (secondary N) is 1. The Balaban J connectivity index is 1.68. The Morgan fingerprint density at radius 2 is 1.86 bits per heavy atom. The molecule has 3 N–H and O–H groups in total. The van der Waals surface area contributed by atoms with Gasteiger partial charge in [0.1, 0.15) is 11.5 Å². The zero-order valence-electron chi connectivity index (χ0n) is 15.9. The SMILES string of the molecule is COc1ccc(-c2cccn3nc(Nc4ccc(C(N)=O)c(OC)c4)nc23)cc1. The van der Waals surface area contributed by atoms with E-state index in [0.717, 1.165) is 16.9 Å². The average molecular weight is 389 g/mol. The second-order valence-electron chi connectivity index (χ2n) is 6.26. The van der Waals surface area contributed by atoms with Crippen molar-refractivity contribution in [1.29, 1.82) is 0 Å². The number of methoxy groups -OCH3 is 2. The molecule has 2 aromatic carbocycles. The summed E-state index contributed by atoms with van der Waals surface area (Å²) in [5, 5.41) is 7.61. The van der Waals surface area contributed by atoms with Gasteiger partial charge < -0.3 is 20.5 Å². The molecule has 4 aromatic rings. The van der Waals surface area contributed by atoms with E-state index in [0.29, 0.717) is 28.6 Å². The highest BCUT2D eigenvalue weighted by Gasteiger charge is 2.13. The molecule has 0 saturated heterocycles. The van der Waals surface area contributed by atoms with Crippen molar-refractivity contribution in [2.45, 2.75) is 0 Å². The van der Waals surface area contributed by atoms with Crippen LogP contribution in [-0.4, -0.2) is 34.7 Å². The number of amides is 1. The van der Waals surface area contributed by atoms with Crippen LogP contribution in [0.4, 0.5) is 11.6 Å². The molecule has 8 nitrogen and oxygen atoms in total. The van der Waals surface area contributed by atoms with E-state index in [1.165, 1.54) is 7.11 Å². The summed E-state index contributed by atoms with van der Waals surface area (Å²) in [6.45, 7) is 0. The van der Waals surface area contributed by atoms with Crippen LogP contribution in [0.5, 0.6) is 11.5 Å². The highest BCUT2D eigenvalue weighted by molar-refractivity contribution is 5.96. The van der Waals surface area contributed by atoms with E-state index in [-0.39, 0.29) is 0 Å². The van der Waals surface area contributed by atoms with E-state index in [1.807, 2.05) is 42.6 Å². The largest absolute Gasteiger partial charge is 0.497 e. The van der Waals surface area contributed by atoms with Crippen molar-refractivity contribution in [1.82, 2.24) is 14.6 Å². The molecule has 0 fully saturated rings. The van der Waals surface area contributed by atoms with Gasteiger partial charge in [-0.1, -0.05) is 12.1 Å². The maximum absolute atomic E-state index is 11.5. The first kappa shape index (κ1) is 18.3. The van der Waals surface area contributed by atoms with Gasteiger partial charge in [-0.3, -0.25) is 4.79 Å². The number of anilines is 2. The van der Waals surface area contributed by atoms with Crippen LogP contribution in [0.15, 0.2) is 60.8 Å². The van der Waals surface area contributed by atoms with Gasteiger partial charge in [0.15, 0.2) is 5.65 Å². The third kappa shape index (κ3) is 3.55. The van der Waals surface area contributed by atoms with Crippen LogP contribution in [0.2, 0.25) is 0 Å². The monoisotopic (exact) mass is 389 g/mol. The van der Waals surface area contributed by atoms with Crippen molar-refractivity contribution in [2.75, 3.05) is 19.5 Å². The third-order valence-corrected chi connectivity index (χ3v) is 4.49. The predicted octanol–water partition coefficient (Wildman–Crippen LogP) is 3.26. The Bertz CT molecular complexity index is 1180. The summed E-state index contributed by atoms with van der Waals surface area (Å²) in [5.74, 6) is 1.03. The number of nitrogens with zero attached hydrogens (tertiary/aromatic N) is 3. The van der Waals surface area contributed by atoms with E-state index in [9.17, 15) is 4.79 Å². The van der Waals surface area contributed by atoms with E-state index < -0.39 is 5.91 Å². The fourth-order valence-electron chi connectivity index (χ4n) is 3.06. The number of carbonyl (C=O) groups is 1. The highest BCUT2D eigenvalue weighted by Crippen LogP contribution is 2.28. The number of benzene rings is 2. The van der Waals surface area contributed by atoms with Crippen LogP contribution in [0.3, 0.4) is 0 Å². The lowest BCUT2D eigenvalue weighted by Gasteiger charge is -2.08. The summed E-state index contributed by atoms with van der Waals surface area (Å²) < 4.78 is 12.2. The highest BCUT2D eigenvalue weighted by atomic mass is 16.5. The van der Waals surface area contributed by atoms with Crippen molar-refractivity contribution in [3.05, 3.63) is 66.4 Å². The van der Waals surface area contributed by atoms with Crippen LogP contribution in [0.1, 0.15) is 10.4 Å². The Hall–Kier alpha value is -4.07. The Labute approximate surface area is 166 Å². The molecule has 0 saturated carbocycles. The van der Waals surface area contributed by atoms with Crippen LogP contribution in [0.25, 0.3) is 16.8 Å². The van der Waals surface area contributed by atoms with E-state index in [1.54, 1.807) is 29.8 Å². The molecule has 1 amide bonds. The number of primary amides is 1. The van der Waals surface area contributed by atoms with E-state index >= 15 is 0 Å². The van der Waals surface area contributed by atoms with Crippen LogP contribution < -0.4 is 20.5 Å². The average Bonchev–Trinajstić information content (AvgIpc) is 3.16. The summed E-state index contributed by atoms with van der Waals surface area (Å²) >= 11 is 0. The van der Waals surface area contributed by atoms with Gasteiger partial charge in [-0.25, -0.2) is 4.52 Å². The molecule has 0 aliphatic carbocycles. The number of aromatic nitrogens is 3. The summed E-state index contributed by atoms with van der Waals surface area (Å²) in [7, 11) is 3.12. The zero-order valence-corrected chi connectivity index (χ0v) is 15.9. The molecule has 2 heterocycles. The van der Waals surface area contributed by atoms with E-state index in [2.05, 4.69) is 15.4 Å². The molecule has 2 aromatic heterocycles. The van der Waals surface area contributed by atoms with Crippen LogP contribution >= 0.6 is 0 Å². The minimum Gasteiger partial charge on any atom is -0.497 e. The Morgan fingerprint density at radius 3 is 2.55 bits per heavy atom. The summed E-state index contributed by atoms with van der Waals surface area (Å²) in [6.07, 6.45) is 1.83. The lowest BCUT2D eigenvalue weighted by molar-refractivity contribution is 0.0997. The molecule has 146 valence electrons. The van der Waals surface area contributed by atoms with Crippen molar-refractivity contribution in [2.24, 2.45) is 5.73 Å². The van der Waals surface area contributed by atoms with Crippen molar-refractivity contribution < 1.29 is 14.3 Å². The molecule has 0 bridgehead atoms. The molecule has 0 atom stereocenters. The molecular formula is C21H19N5O3. The number of rotatable bonds is 6. The van der Waals surface area contributed by atoms with Crippen molar-refractivity contribution in [3.63, 3.8) is 0 Å². The summed E-state index contributed by atoms with van der Waals surface area (Å²) in [4.78, 5) is 16.1. The molecule has 0 radical (unpaired) electrons. The van der Waals surface area contributed by atoms with Gasteiger partial charge in [0, 0.05) is 23.5 Å². The molecule has 0 aliphatic heterocycles. The quantitative estimate of drug-likeness (QED) is 0.525. The topological polar surface area (TPSA) is 104 Å². The molecule has 8 heteroatoms. The van der Waals surface area contributed by atoms with Gasteiger partial charge in [0.05, 0.1) is 19.8 Å². The molecule has 0 unspecified atom stereocenters. The van der Waals surface area contributed by atoms with E-state index in [4.69, 9.17) is 15.2 Å². The number of hydrogen-bond donors (Lipinski definition) is 2. The minimum absolute atomic E-state index is 0.308. The first-order valence-corrected chi connectivity index (χ1v) is 8.83. The maximum Gasteiger partial charge on any atom is 0.252 e. The van der Waals surface area contributed by atoms with Crippen molar-refractivity contribution >= 4 is 23.2 Å².